The fraction of sp³-hybridized carbons (Fsp3) is 0.286. The van der Waals surface area contributed by atoms with E-state index in [1.54, 1.807) is 0 Å². The minimum atomic E-state index is -4.93. The predicted molar refractivity (Wildman–Crippen MR) is 156 cm³/mol. The maximum absolute atomic E-state index is 13.7. The molecule has 0 radical (unpaired) electrons. The van der Waals surface area contributed by atoms with E-state index in [1.165, 1.54) is 17.7 Å². The van der Waals surface area contributed by atoms with Gasteiger partial charge in [0, 0.05) is 0 Å². The van der Waals surface area contributed by atoms with E-state index in [2.05, 4.69) is 74.7 Å². The first-order valence-electron chi connectivity index (χ1n) is 11.9. The topological polar surface area (TPSA) is 58.2 Å². The Hall–Kier alpha value is -1.88. The van der Waals surface area contributed by atoms with Crippen LogP contribution in [0.4, 0.5) is 9.59 Å². The van der Waals surface area contributed by atoms with Gasteiger partial charge in [-0.25, -0.2) is 0 Å². The summed E-state index contributed by atoms with van der Waals surface area (Å²) in [4.78, 5) is 27.4. The summed E-state index contributed by atoms with van der Waals surface area (Å²) < 4.78 is 3.14. The van der Waals surface area contributed by atoms with Crippen molar-refractivity contribution in [2.45, 2.75) is 27.7 Å². The minimum absolute atomic E-state index is 0.0961. The summed E-state index contributed by atoms with van der Waals surface area (Å²) in [5.74, 6) is 0.650. The SMILES string of the molecule is CC(C)CNC(=O)[S][Sb]([S]C(=O)NCC(C)C)([c]1ccccc1)([c]1ccccc1)[c]1ccccc1. The quantitative estimate of drug-likeness (QED) is 0.320. The molecule has 0 atom stereocenters. The number of carbonyl (C=O) groups excluding carboxylic acids is 2. The molecule has 35 heavy (non-hydrogen) atoms. The Kier molecular flexibility index (Phi) is 9.80. The van der Waals surface area contributed by atoms with Crippen molar-refractivity contribution in [3.05, 3.63) is 91.0 Å². The van der Waals surface area contributed by atoms with E-state index in [0.29, 0.717) is 24.9 Å². The van der Waals surface area contributed by atoms with Gasteiger partial charge in [-0.1, -0.05) is 0 Å². The molecule has 0 saturated carbocycles. The monoisotopic (exact) mass is 616 g/mol. The first-order chi connectivity index (χ1) is 16.8. The number of carbonyl (C=O) groups is 2. The number of benzene rings is 3. The molecule has 0 aromatic heterocycles. The van der Waals surface area contributed by atoms with Gasteiger partial charge < -0.3 is 0 Å². The predicted octanol–water partition coefficient (Wildman–Crippen LogP) is 5.30. The molecule has 186 valence electrons. The number of hydrogen-bond acceptors (Lipinski definition) is 4. The summed E-state index contributed by atoms with van der Waals surface area (Å²) in [6.45, 7) is 9.48. The molecule has 0 aliphatic carbocycles. The maximum atomic E-state index is 13.7. The Balaban J connectivity index is 2.35. The first-order valence-corrected chi connectivity index (χ1v) is 23.5. The second kappa shape index (κ2) is 12.4. The van der Waals surface area contributed by atoms with E-state index in [-0.39, 0.29) is 10.5 Å². The van der Waals surface area contributed by atoms with Crippen molar-refractivity contribution < 1.29 is 9.59 Å². The summed E-state index contributed by atoms with van der Waals surface area (Å²) in [7, 11) is 2.71. The molecular formula is C28H35N2O2S2Sb. The van der Waals surface area contributed by atoms with Crippen LogP contribution in [-0.2, 0) is 0 Å². The van der Waals surface area contributed by atoms with Crippen LogP contribution in [0.3, 0.4) is 0 Å². The molecule has 7 heteroatoms. The molecule has 4 nitrogen and oxygen atoms in total. The van der Waals surface area contributed by atoms with E-state index >= 15 is 0 Å². The van der Waals surface area contributed by atoms with Gasteiger partial charge >= 0.3 is 217 Å². The zero-order chi connectivity index (χ0) is 25.3. The second-order valence-electron chi connectivity index (χ2n) is 9.27. The van der Waals surface area contributed by atoms with Crippen molar-refractivity contribution in [1.29, 1.82) is 0 Å². The molecule has 0 bridgehead atoms. The van der Waals surface area contributed by atoms with Gasteiger partial charge in [0.25, 0.3) is 0 Å². The average molecular weight is 617 g/mol. The van der Waals surface area contributed by atoms with Gasteiger partial charge in [-0.05, 0) is 0 Å². The number of rotatable bonds is 9. The zero-order valence-electron chi connectivity index (χ0n) is 20.8. The van der Waals surface area contributed by atoms with Gasteiger partial charge in [-0.3, -0.25) is 0 Å². The van der Waals surface area contributed by atoms with E-state index in [0.717, 1.165) is 10.5 Å². The van der Waals surface area contributed by atoms with Crippen molar-refractivity contribution in [2.75, 3.05) is 13.1 Å². The van der Waals surface area contributed by atoms with Crippen molar-refractivity contribution in [1.82, 2.24) is 10.6 Å². The Bertz CT molecular complexity index is 980. The molecule has 0 unspecified atom stereocenters. The molecule has 0 heterocycles. The molecule has 0 aliphatic rings. The molecule has 0 saturated heterocycles. The van der Waals surface area contributed by atoms with Crippen molar-refractivity contribution in [3.63, 3.8) is 0 Å². The Labute approximate surface area is 215 Å². The van der Waals surface area contributed by atoms with Gasteiger partial charge in [-0.15, -0.1) is 0 Å². The van der Waals surface area contributed by atoms with Crippen LogP contribution < -0.4 is 21.2 Å². The fourth-order valence-electron chi connectivity index (χ4n) is 3.83. The summed E-state index contributed by atoms with van der Waals surface area (Å²) in [5.41, 5.74) is 0. The van der Waals surface area contributed by atoms with E-state index in [1.807, 2.05) is 54.6 Å². The van der Waals surface area contributed by atoms with Crippen LogP contribution in [0.1, 0.15) is 27.7 Å². The Morgan fingerprint density at radius 3 is 1.14 bits per heavy atom. The van der Waals surface area contributed by atoms with Crippen LogP contribution in [0.25, 0.3) is 0 Å². The van der Waals surface area contributed by atoms with Gasteiger partial charge in [0.15, 0.2) is 0 Å². The molecule has 0 aliphatic heterocycles. The van der Waals surface area contributed by atoms with Crippen molar-refractivity contribution >= 4 is 53.3 Å². The fourth-order valence-corrected chi connectivity index (χ4v) is 34.7. The van der Waals surface area contributed by atoms with Gasteiger partial charge in [0.05, 0.1) is 0 Å². The number of amides is 2. The third-order valence-electron chi connectivity index (χ3n) is 5.50. The zero-order valence-corrected chi connectivity index (χ0v) is 25.0. The van der Waals surface area contributed by atoms with Crippen molar-refractivity contribution in [2.24, 2.45) is 11.8 Å². The molecule has 3 aromatic carbocycles. The van der Waals surface area contributed by atoms with Crippen molar-refractivity contribution in [3.8, 4) is 0 Å². The van der Waals surface area contributed by atoms with Crippen LogP contribution in [0.2, 0.25) is 0 Å². The van der Waals surface area contributed by atoms with Gasteiger partial charge in [0.2, 0.25) is 0 Å². The normalized spacial score (nSPS) is 12.7. The number of nitrogens with one attached hydrogen (secondary N) is 2. The summed E-state index contributed by atoms with van der Waals surface area (Å²) in [6.07, 6.45) is 0. The average Bonchev–Trinajstić information content (AvgIpc) is 2.87. The molecular weight excluding hydrogens is 582 g/mol. The van der Waals surface area contributed by atoms with Crippen LogP contribution >= 0.6 is 17.7 Å². The molecule has 3 aromatic rings. The van der Waals surface area contributed by atoms with Crippen LogP contribution in [-0.4, -0.2) is 38.2 Å². The third kappa shape index (κ3) is 6.28. The summed E-state index contributed by atoms with van der Waals surface area (Å²) >= 11 is -4.93. The summed E-state index contributed by atoms with van der Waals surface area (Å²) in [5, 5.41) is 6.06. The van der Waals surface area contributed by atoms with Crippen LogP contribution in [0.15, 0.2) is 91.0 Å². The van der Waals surface area contributed by atoms with Gasteiger partial charge in [-0.2, -0.15) is 0 Å². The van der Waals surface area contributed by atoms with E-state index < -0.39 is 14.6 Å². The second-order valence-corrected chi connectivity index (χ2v) is 34.7. The van der Waals surface area contributed by atoms with Crippen LogP contribution in [0, 0.1) is 11.8 Å². The molecule has 2 N–H and O–H groups in total. The number of hydrogen-bond donors (Lipinski definition) is 2. The standard InChI is InChI=1S/3C6H5.2C5H11NOS.Sb/c3*1-2-4-6-5-3-1;2*1-4(2)3-6-5(7)8;/h3*1-5H;2*4H,3H2,1-2H3,(H2,6,7,8);/q;;;;;+2/p-2. The van der Waals surface area contributed by atoms with E-state index in [9.17, 15) is 9.59 Å². The molecule has 2 amide bonds. The van der Waals surface area contributed by atoms with E-state index in [4.69, 9.17) is 0 Å². The Morgan fingerprint density at radius 2 is 0.886 bits per heavy atom. The van der Waals surface area contributed by atoms with Crippen LogP contribution in [0.5, 0.6) is 0 Å². The van der Waals surface area contributed by atoms with Gasteiger partial charge in [0.1, 0.15) is 0 Å². The molecule has 0 fully saturated rings. The molecule has 3 rings (SSSR count). The summed E-state index contributed by atoms with van der Waals surface area (Å²) in [6, 6.07) is 30.5. The first kappa shape index (κ1) is 27.7. The Morgan fingerprint density at radius 1 is 0.600 bits per heavy atom. The molecule has 0 spiro atoms. The third-order valence-corrected chi connectivity index (χ3v) is 37.7.